The van der Waals surface area contributed by atoms with Crippen molar-refractivity contribution < 1.29 is 4.42 Å². The van der Waals surface area contributed by atoms with E-state index in [1.165, 1.54) is 12.8 Å². The van der Waals surface area contributed by atoms with Crippen molar-refractivity contribution in [2.45, 2.75) is 32.0 Å². The van der Waals surface area contributed by atoms with Crippen LogP contribution in [0.4, 0.5) is 0 Å². The van der Waals surface area contributed by atoms with Crippen LogP contribution >= 0.6 is 39.1 Å². The summed E-state index contributed by atoms with van der Waals surface area (Å²) in [5, 5.41) is 9.58. The fraction of sp³-hybridized carbons (Fsp3) is 0.263. The summed E-state index contributed by atoms with van der Waals surface area (Å²) < 4.78 is 6.83. The predicted molar refractivity (Wildman–Crippen MR) is 106 cm³/mol. The molecule has 2 aromatic carbocycles. The quantitative estimate of drug-likeness (QED) is 0.461. The molecule has 4 rings (SSSR count). The Hall–Kier alpha value is -1.40. The Labute approximate surface area is 170 Å². The fourth-order valence-corrected chi connectivity index (χ4v) is 3.64. The first kappa shape index (κ1) is 18.0. The molecule has 0 amide bonds. The monoisotopic (exact) mass is 451 g/mol. The van der Waals surface area contributed by atoms with E-state index in [9.17, 15) is 0 Å². The van der Waals surface area contributed by atoms with E-state index in [0.29, 0.717) is 34.4 Å². The van der Waals surface area contributed by atoms with Crippen LogP contribution in [0.15, 0.2) is 51.4 Å². The smallest absolute Gasteiger partial charge is 0.248 e. The van der Waals surface area contributed by atoms with E-state index in [1.54, 1.807) is 0 Å². The first-order valence-electron chi connectivity index (χ1n) is 8.35. The van der Waals surface area contributed by atoms with Gasteiger partial charge >= 0.3 is 0 Å². The van der Waals surface area contributed by atoms with Crippen molar-refractivity contribution in [2.24, 2.45) is 0 Å². The zero-order valence-corrected chi connectivity index (χ0v) is 16.9. The average molecular weight is 453 g/mol. The molecule has 26 heavy (non-hydrogen) atoms. The van der Waals surface area contributed by atoms with Gasteiger partial charge in [0.15, 0.2) is 0 Å². The van der Waals surface area contributed by atoms with Crippen LogP contribution in [0.1, 0.15) is 24.3 Å². The molecule has 1 aromatic heterocycles. The molecular formula is C19H16BrCl2N3O. The third-order valence-corrected chi connectivity index (χ3v) is 5.77. The van der Waals surface area contributed by atoms with E-state index in [1.807, 2.05) is 42.5 Å². The highest BCUT2D eigenvalue weighted by atomic mass is 79.9. The van der Waals surface area contributed by atoms with Gasteiger partial charge in [0.1, 0.15) is 0 Å². The largest absolute Gasteiger partial charge is 0.419 e. The molecule has 4 nitrogen and oxygen atoms in total. The van der Waals surface area contributed by atoms with Gasteiger partial charge in [-0.05, 0) is 58.6 Å². The second-order valence-electron chi connectivity index (χ2n) is 6.37. The summed E-state index contributed by atoms with van der Waals surface area (Å²) in [6, 6.07) is 14.1. The van der Waals surface area contributed by atoms with Crippen LogP contribution in [0.2, 0.25) is 10.0 Å². The minimum atomic E-state index is 0.526. The minimum Gasteiger partial charge on any atom is -0.419 e. The summed E-state index contributed by atoms with van der Waals surface area (Å²) in [5.74, 6) is 1.14. The van der Waals surface area contributed by atoms with Gasteiger partial charge in [-0.25, -0.2) is 0 Å². The van der Waals surface area contributed by atoms with E-state index in [4.69, 9.17) is 27.6 Å². The van der Waals surface area contributed by atoms with Gasteiger partial charge in [-0.15, -0.1) is 10.2 Å². The molecule has 0 unspecified atom stereocenters. The minimum absolute atomic E-state index is 0.526. The normalized spacial score (nSPS) is 14.2. The highest BCUT2D eigenvalue weighted by Gasteiger charge is 2.30. The zero-order valence-electron chi connectivity index (χ0n) is 13.8. The summed E-state index contributed by atoms with van der Waals surface area (Å²) in [7, 11) is 0. The molecule has 1 aliphatic carbocycles. The van der Waals surface area contributed by atoms with E-state index in [2.05, 4.69) is 31.0 Å². The predicted octanol–water partition coefficient (Wildman–Crippen LogP) is 5.97. The number of halogens is 3. The SMILES string of the molecule is Clc1ccc(CN(Cc2nnc(-c3ccccc3Br)o2)C2CC2)cc1Cl. The van der Waals surface area contributed by atoms with Crippen molar-refractivity contribution in [3.8, 4) is 11.5 Å². The maximum atomic E-state index is 6.14. The number of aromatic nitrogens is 2. The lowest BCUT2D eigenvalue weighted by Gasteiger charge is -2.20. The topological polar surface area (TPSA) is 42.2 Å². The van der Waals surface area contributed by atoms with Gasteiger partial charge in [-0.2, -0.15) is 0 Å². The lowest BCUT2D eigenvalue weighted by molar-refractivity contribution is 0.221. The molecule has 1 heterocycles. The van der Waals surface area contributed by atoms with E-state index < -0.39 is 0 Å². The first-order valence-corrected chi connectivity index (χ1v) is 9.90. The summed E-state index contributed by atoms with van der Waals surface area (Å²) >= 11 is 15.7. The Balaban J connectivity index is 1.51. The van der Waals surface area contributed by atoms with Crippen LogP contribution in [0.3, 0.4) is 0 Å². The van der Waals surface area contributed by atoms with E-state index in [-0.39, 0.29) is 0 Å². The van der Waals surface area contributed by atoms with Crippen molar-refractivity contribution in [2.75, 3.05) is 0 Å². The van der Waals surface area contributed by atoms with Gasteiger partial charge in [-0.1, -0.05) is 41.4 Å². The standard InChI is InChI=1S/C19H16BrCl2N3O/c20-15-4-2-1-3-14(15)19-24-23-18(26-19)11-25(13-6-7-13)10-12-5-8-16(21)17(22)9-12/h1-5,8-9,13H,6-7,10-11H2. The molecule has 1 aliphatic rings. The fourth-order valence-electron chi connectivity index (χ4n) is 2.86. The van der Waals surface area contributed by atoms with Gasteiger partial charge in [0.05, 0.1) is 22.2 Å². The molecule has 0 saturated heterocycles. The van der Waals surface area contributed by atoms with Gasteiger partial charge in [0, 0.05) is 17.1 Å². The van der Waals surface area contributed by atoms with Gasteiger partial charge in [0.2, 0.25) is 11.8 Å². The summed E-state index contributed by atoms with van der Waals surface area (Å²) in [6.07, 6.45) is 2.37. The molecule has 0 aliphatic heterocycles. The molecule has 0 N–H and O–H groups in total. The van der Waals surface area contributed by atoms with Crippen molar-refractivity contribution in [1.82, 2.24) is 15.1 Å². The maximum absolute atomic E-state index is 6.14. The Morgan fingerprint density at radius 3 is 2.58 bits per heavy atom. The van der Waals surface area contributed by atoms with Crippen molar-refractivity contribution in [3.05, 3.63) is 68.4 Å². The Kier molecular flexibility index (Phi) is 5.32. The van der Waals surface area contributed by atoms with E-state index in [0.717, 1.165) is 22.1 Å². The second kappa shape index (κ2) is 7.69. The van der Waals surface area contributed by atoms with Gasteiger partial charge in [0.25, 0.3) is 0 Å². The van der Waals surface area contributed by atoms with Crippen LogP contribution in [0, 0.1) is 0 Å². The van der Waals surface area contributed by atoms with Crippen molar-refractivity contribution in [1.29, 1.82) is 0 Å². The molecule has 0 radical (unpaired) electrons. The molecule has 1 saturated carbocycles. The lowest BCUT2D eigenvalue weighted by Crippen LogP contribution is -2.25. The number of rotatable bonds is 6. The van der Waals surface area contributed by atoms with Crippen LogP contribution in [-0.2, 0) is 13.1 Å². The highest BCUT2D eigenvalue weighted by molar-refractivity contribution is 9.10. The number of benzene rings is 2. The average Bonchev–Trinajstić information content (AvgIpc) is 3.38. The Bertz CT molecular complexity index is 927. The zero-order chi connectivity index (χ0) is 18.1. The van der Waals surface area contributed by atoms with Crippen LogP contribution in [0.25, 0.3) is 11.5 Å². The molecular weight excluding hydrogens is 437 g/mol. The first-order chi connectivity index (χ1) is 12.6. The summed E-state index contributed by atoms with van der Waals surface area (Å²) in [4.78, 5) is 2.34. The Morgan fingerprint density at radius 2 is 1.85 bits per heavy atom. The van der Waals surface area contributed by atoms with Crippen molar-refractivity contribution >= 4 is 39.1 Å². The number of hydrogen-bond acceptors (Lipinski definition) is 4. The third-order valence-electron chi connectivity index (χ3n) is 4.34. The van der Waals surface area contributed by atoms with Crippen LogP contribution in [-0.4, -0.2) is 21.1 Å². The lowest BCUT2D eigenvalue weighted by atomic mass is 10.2. The second-order valence-corrected chi connectivity index (χ2v) is 8.03. The van der Waals surface area contributed by atoms with Gasteiger partial charge in [-0.3, -0.25) is 4.90 Å². The van der Waals surface area contributed by atoms with Crippen molar-refractivity contribution in [3.63, 3.8) is 0 Å². The molecule has 7 heteroatoms. The molecule has 0 spiro atoms. The van der Waals surface area contributed by atoms with Crippen LogP contribution in [0.5, 0.6) is 0 Å². The Morgan fingerprint density at radius 1 is 1.04 bits per heavy atom. The highest BCUT2D eigenvalue weighted by Crippen LogP contribution is 2.32. The molecule has 3 aromatic rings. The third kappa shape index (κ3) is 4.12. The summed E-state index contributed by atoms with van der Waals surface area (Å²) in [5.41, 5.74) is 2.02. The maximum Gasteiger partial charge on any atom is 0.248 e. The molecule has 0 bridgehead atoms. The molecule has 0 atom stereocenters. The van der Waals surface area contributed by atoms with Gasteiger partial charge < -0.3 is 4.42 Å². The number of nitrogens with zero attached hydrogens (tertiary/aromatic N) is 3. The number of hydrogen-bond donors (Lipinski definition) is 0. The molecule has 134 valence electrons. The van der Waals surface area contributed by atoms with Crippen LogP contribution < -0.4 is 0 Å². The molecule has 1 fully saturated rings. The van der Waals surface area contributed by atoms with E-state index >= 15 is 0 Å². The summed E-state index contributed by atoms with van der Waals surface area (Å²) in [6.45, 7) is 1.39.